The Kier molecular flexibility index (Phi) is 6.15. The molecular formula is C22H23N3O5. The zero-order valence-electron chi connectivity index (χ0n) is 17.1. The second-order valence-electron chi connectivity index (χ2n) is 6.93. The smallest absolute Gasteiger partial charge is 0.261 e. The van der Waals surface area contributed by atoms with E-state index in [-0.39, 0.29) is 28.8 Å². The number of nitrogens with one attached hydrogen (secondary N) is 2. The van der Waals surface area contributed by atoms with Crippen LogP contribution in [0.3, 0.4) is 0 Å². The van der Waals surface area contributed by atoms with Gasteiger partial charge in [0.2, 0.25) is 5.91 Å². The molecule has 0 spiro atoms. The van der Waals surface area contributed by atoms with Crippen LogP contribution in [0.4, 0.5) is 11.4 Å². The maximum Gasteiger partial charge on any atom is 0.261 e. The predicted molar refractivity (Wildman–Crippen MR) is 112 cm³/mol. The molecule has 0 radical (unpaired) electrons. The normalized spacial score (nSPS) is 12.6. The summed E-state index contributed by atoms with van der Waals surface area (Å²) in [7, 11) is 1.48. The molecule has 0 fully saturated rings. The average Bonchev–Trinajstić information content (AvgIpc) is 2.96. The van der Waals surface area contributed by atoms with Crippen molar-refractivity contribution in [2.45, 2.75) is 26.7 Å². The van der Waals surface area contributed by atoms with E-state index < -0.39 is 5.91 Å². The predicted octanol–water partition coefficient (Wildman–Crippen LogP) is 3.30. The van der Waals surface area contributed by atoms with E-state index >= 15 is 0 Å². The third-order valence-electron chi connectivity index (χ3n) is 4.74. The van der Waals surface area contributed by atoms with Crippen LogP contribution < -0.4 is 15.4 Å². The summed E-state index contributed by atoms with van der Waals surface area (Å²) in [6, 6.07) is 9.30. The summed E-state index contributed by atoms with van der Waals surface area (Å²) in [5.41, 5.74) is 1.66. The molecule has 156 valence electrons. The second kappa shape index (κ2) is 8.77. The van der Waals surface area contributed by atoms with Gasteiger partial charge < -0.3 is 15.4 Å². The molecule has 0 saturated heterocycles. The lowest BCUT2D eigenvalue weighted by Crippen LogP contribution is -2.30. The van der Waals surface area contributed by atoms with Gasteiger partial charge in [0.1, 0.15) is 5.75 Å². The van der Waals surface area contributed by atoms with E-state index in [1.54, 1.807) is 18.2 Å². The molecule has 30 heavy (non-hydrogen) atoms. The second-order valence-corrected chi connectivity index (χ2v) is 6.93. The number of unbranched alkanes of at least 4 members (excludes halogenated alkanes) is 1. The van der Waals surface area contributed by atoms with E-state index in [9.17, 15) is 19.2 Å². The first-order valence-corrected chi connectivity index (χ1v) is 9.63. The van der Waals surface area contributed by atoms with Gasteiger partial charge in [-0.15, -0.1) is 0 Å². The highest BCUT2D eigenvalue weighted by Crippen LogP contribution is 2.29. The summed E-state index contributed by atoms with van der Waals surface area (Å²) in [5.74, 6) is -0.965. The Labute approximate surface area is 174 Å². The quantitative estimate of drug-likeness (QED) is 0.683. The third kappa shape index (κ3) is 4.17. The number of rotatable bonds is 7. The van der Waals surface area contributed by atoms with Gasteiger partial charge >= 0.3 is 0 Å². The highest BCUT2D eigenvalue weighted by molar-refractivity contribution is 6.22. The number of imide groups is 1. The Morgan fingerprint density at radius 1 is 1.00 bits per heavy atom. The monoisotopic (exact) mass is 409 g/mol. The summed E-state index contributed by atoms with van der Waals surface area (Å²) < 4.78 is 5.20. The van der Waals surface area contributed by atoms with Crippen molar-refractivity contribution in [2.75, 3.05) is 24.3 Å². The van der Waals surface area contributed by atoms with Gasteiger partial charge in [-0.3, -0.25) is 24.1 Å². The molecule has 0 aliphatic carbocycles. The number of amides is 4. The molecule has 4 amide bonds. The molecule has 2 aromatic carbocycles. The van der Waals surface area contributed by atoms with Crippen LogP contribution >= 0.6 is 0 Å². The van der Waals surface area contributed by atoms with Crippen molar-refractivity contribution in [1.82, 2.24) is 4.90 Å². The largest absolute Gasteiger partial charge is 0.495 e. The molecule has 8 heteroatoms. The lowest BCUT2D eigenvalue weighted by Gasteiger charge is -2.12. The molecule has 0 aromatic heterocycles. The number of carbonyl (C=O) groups excluding carboxylic acids is 4. The topological polar surface area (TPSA) is 105 Å². The summed E-state index contributed by atoms with van der Waals surface area (Å²) >= 11 is 0. The van der Waals surface area contributed by atoms with Crippen LogP contribution in [0.25, 0.3) is 0 Å². The number of ether oxygens (including phenoxy) is 1. The van der Waals surface area contributed by atoms with Crippen LogP contribution in [-0.2, 0) is 4.79 Å². The zero-order valence-corrected chi connectivity index (χ0v) is 17.1. The number of methoxy groups -OCH3 is 1. The fourth-order valence-electron chi connectivity index (χ4n) is 3.23. The zero-order chi connectivity index (χ0) is 21.8. The lowest BCUT2D eigenvalue weighted by atomic mass is 10.1. The minimum absolute atomic E-state index is 0.234. The number of nitrogens with zero attached hydrogens (tertiary/aromatic N) is 1. The van der Waals surface area contributed by atoms with Crippen molar-refractivity contribution in [3.8, 4) is 5.75 Å². The first-order valence-electron chi connectivity index (χ1n) is 9.63. The molecule has 3 rings (SSSR count). The first kappa shape index (κ1) is 21.0. The SMILES string of the molecule is CCCCN1C(=O)c2ccc(C(=O)Nc3ccc(OC)c(NC(C)=O)c3)cc2C1=O. The number of fused-ring (bicyclic) bond motifs is 1. The lowest BCUT2D eigenvalue weighted by molar-refractivity contribution is -0.114. The maximum absolute atomic E-state index is 12.7. The highest BCUT2D eigenvalue weighted by atomic mass is 16.5. The first-order chi connectivity index (χ1) is 14.3. The van der Waals surface area contributed by atoms with Crippen LogP contribution in [0.2, 0.25) is 0 Å². The molecule has 0 saturated carbocycles. The van der Waals surface area contributed by atoms with E-state index in [0.717, 1.165) is 12.8 Å². The number of anilines is 2. The number of hydrogen-bond acceptors (Lipinski definition) is 5. The van der Waals surface area contributed by atoms with Crippen LogP contribution in [0.5, 0.6) is 5.75 Å². The van der Waals surface area contributed by atoms with Crippen LogP contribution in [0.15, 0.2) is 36.4 Å². The van der Waals surface area contributed by atoms with Crippen molar-refractivity contribution in [3.63, 3.8) is 0 Å². The molecule has 0 bridgehead atoms. The van der Waals surface area contributed by atoms with Crippen molar-refractivity contribution in [2.24, 2.45) is 0 Å². The Bertz CT molecular complexity index is 1030. The highest BCUT2D eigenvalue weighted by Gasteiger charge is 2.35. The fraction of sp³-hybridized carbons (Fsp3) is 0.273. The summed E-state index contributed by atoms with van der Waals surface area (Å²) in [6.07, 6.45) is 1.59. The third-order valence-corrected chi connectivity index (χ3v) is 4.74. The number of hydrogen-bond donors (Lipinski definition) is 2. The number of carbonyl (C=O) groups is 4. The maximum atomic E-state index is 12.7. The summed E-state index contributed by atoms with van der Waals surface area (Å²) in [6.45, 7) is 3.72. The molecule has 2 aromatic rings. The van der Waals surface area contributed by atoms with Gasteiger partial charge in [0, 0.05) is 24.7 Å². The van der Waals surface area contributed by atoms with E-state index in [2.05, 4.69) is 10.6 Å². The molecule has 1 aliphatic heterocycles. The molecular weight excluding hydrogens is 386 g/mol. The standard InChI is InChI=1S/C22H23N3O5/c1-4-5-10-25-21(28)16-8-6-14(11-17(16)22(25)29)20(27)24-15-7-9-19(30-3)18(12-15)23-13(2)26/h6-9,11-12H,4-5,10H2,1-3H3,(H,23,26)(H,24,27). The molecule has 8 nitrogen and oxygen atoms in total. The van der Waals surface area contributed by atoms with Crippen molar-refractivity contribution in [1.29, 1.82) is 0 Å². The van der Waals surface area contributed by atoms with Crippen LogP contribution in [0, 0.1) is 0 Å². The molecule has 1 heterocycles. The number of benzene rings is 2. The van der Waals surface area contributed by atoms with Crippen LogP contribution in [0.1, 0.15) is 57.8 Å². The van der Waals surface area contributed by atoms with Gasteiger partial charge in [-0.2, -0.15) is 0 Å². The summed E-state index contributed by atoms with van der Waals surface area (Å²) in [4.78, 5) is 50.3. The minimum Gasteiger partial charge on any atom is -0.495 e. The van der Waals surface area contributed by atoms with Gasteiger partial charge in [0.15, 0.2) is 0 Å². The van der Waals surface area contributed by atoms with Crippen LogP contribution in [-0.4, -0.2) is 42.2 Å². The molecule has 2 N–H and O–H groups in total. The minimum atomic E-state index is -0.441. The van der Waals surface area contributed by atoms with Crippen molar-refractivity contribution >= 4 is 35.0 Å². The van der Waals surface area contributed by atoms with Gasteiger partial charge in [-0.25, -0.2) is 0 Å². The molecule has 1 aliphatic rings. The van der Waals surface area contributed by atoms with Gasteiger partial charge in [-0.05, 0) is 42.8 Å². The Morgan fingerprint density at radius 2 is 1.73 bits per heavy atom. The van der Waals surface area contributed by atoms with Gasteiger partial charge in [0.05, 0.1) is 23.9 Å². The van der Waals surface area contributed by atoms with Crippen molar-refractivity contribution < 1.29 is 23.9 Å². The Hall–Kier alpha value is -3.68. The van der Waals surface area contributed by atoms with E-state index in [0.29, 0.717) is 29.2 Å². The fourth-order valence-corrected chi connectivity index (χ4v) is 3.23. The average molecular weight is 409 g/mol. The van der Waals surface area contributed by atoms with E-state index in [4.69, 9.17) is 4.74 Å². The van der Waals surface area contributed by atoms with E-state index in [1.165, 1.54) is 37.1 Å². The van der Waals surface area contributed by atoms with Gasteiger partial charge in [-0.1, -0.05) is 13.3 Å². The summed E-state index contributed by atoms with van der Waals surface area (Å²) in [5, 5.41) is 5.37. The van der Waals surface area contributed by atoms with Crippen molar-refractivity contribution in [3.05, 3.63) is 53.1 Å². The van der Waals surface area contributed by atoms with Gasteiger partial charge in [0.25, 0.3) is 17.7 Å². The Morgan fingerprint density at radius 3 is 2.40 bits per heavy atom. The Balaban J connectivity index is 1.81. The molecule has 0 unspecified atom stereocenters. The van der Waals surface area contributed by atoms with E-state index in [1.807, 2.05) is 6.92 Å². The molecule has 0 atom stereocenters.